The summed E-state index contributed by atoms with van der Waals surface area (Å²) in [5.74, 6) is 1.02. The Morgan fingerprint density at radius 2 is 1.88 bits per heavy atom. The predicted molar refractivity (Wildman–Crippen MR) is 124 cm³/mol. The molecule has 4 rings (SSSR count). The van der Waals surface area contributed by atoms with Crippen LogP contribution in [0.25, 0.3) is 10.6 Å². The molecule has 33 heavy (non-hydrogen) atoms. The lowest BCUT2D eigenvalue weighted by molar-refractivity contribution is -0.119. The maximum atomic E-state index is 13.0. The van der Waals surface area contributed by atoms with Crippen LogP contribution in [0.5, 0.6) is 17.2 Å². The van der Waals surface area contributed by atoms with Crippen molar-refractivity contribution in [2.75, 3.05) is 19.2 Å². The lowest BCUT2D eigenvalue weighted by Crippen LogP contribution is -2.47. The molecule has 2 unspecified atom stereocenters. The number of rotatable bonds is 8. The number of amides is 2. The van der Waals surface area contributed by atoms with Gasteiger partial charge in [-0.05, 0) is 48.4 Å². The Morgan fingerprint density at radius 3 is 2.61 bits per heavy atom. The summed E-state index contributed by atoms with van der Waals surface area (Å²) in [7, 11) is 1.60. The molecule has 2 amide bonds. The molecule has 3 aromatic rings. The Labute approximate surface area is 195 Å². The average Bonchev–Trinajstić information content (AvgIpc) is 3.51. The van der Waals surface area contributed by atoms with E-state index in [1.807, 2.05) is 38.1 Å². The fraction of sp³-hybridized carbons (Fsp3) is 0.304. The second-order valence-corrected chi connectivity index (χ2v) is 8.51. The third-order valence-electron chi connectivity index (χ3n) is 5.41. The summed E-state index contributed by atoms with van der Waals surface area (Å²) in [4.78, 5) is 25.9. The second kappa shape index (κ2) is 9.86. The van der Waals surface area contributed by atoms with E-state index >= 15 is 0 Å². The number of fused-ring (bicyclic) bond motifs is 1. The molecule has 172 valence electrons. The molecule has 0 saturated carbocycles. The minimum absolute atomic E-state index is 0.100. The van der Waals surface area contributed by atoms with E-state index in [2.05, 4.69) is 20.8 Å². The monoisotopic (exact) mass is 468 g/mol. The molecule has 2 atom stereocenters. The standard InChI is InChI=1S/C23H24N4O5S/c1-4-13(2)19(24-20(28)15-7-10-17-18(11-15)32-12-31-17)21(29)25-23-27-26-22(33-23)14-5-8-16(30-3)9-6-14/h5-11,13,19H,4,12H2,1-3H3,(H,24,28)(H,25,27,29). The highest BCUT2D eigenvalue weighted by atomic mass is 32.1. The summed E-state index contributed by atoms with van der Waals surface area (Å²) >= 11 is 1.26. The Bertz CT molecular complexity index is 1150. The highest BCUT2D eigenvalue weighted by Crippen LogP contribution is 2.32. The lowest BCUT2D eigenvalue weighted by Gasteiger charge is -2.23. The van der Waals surface area contributed by atoms with Gasteiger partial charge >= 0.3 is 0 Å². The molecular weight excluding hydrogens is 444 g/mol. The van der Waals surface area contributed by atoms with Crippen LogP contribution in [0.15, 0.2) is 42.5 Å². The Balaban J connectivity index is 1.45. The summed E-state index contributed by atoms with van der Waals surface area (Å²) in [5, 5.41) is 14.9. The number of anilines is 1. The van der Waals surface area contributed by atoms with Crippen molar-refractivity contribution in [3.63, 3.8) is 0 Å². The fourth-order valence-corrected chi connectivity index (χ4v) is 4.02. The molecule has 2 heterocycles. The van der Waals surface area contributed by atoms with E-state index in [1.165, 1.54) is 11.3 Å². The number of carbonyl (C=O) groups is 2. The van der Waals surface area contributed by atoms with E-state index in [1.54, 1.807) is 25.3 Å². The Morgan fingerprint density at radius 1 is 1.12 bits per heavy atom. The van der Waals surface area contributed by atoms with Crippen molar-refractivity contribution in [3.05, 3.63) is 48.0 Å². The fourth-order valence-electron chi connectivity index (χ4n) is 3.27. The molecule has 10 heteroatoms. The van der Waals surface area contributed by atoms with Crippen LogP contribution in [0.4, 0.5) is 5.13 Å². The van der Waals surface area contributed by atoms with E-state index in [0.29, 0.717) is 33.6 Å². The van der Waals surface area contributed by atoms with Crippen LogP contribution in [0.3, 0.4) is 0 Å². The number of carbonyl (C=O) groups excluding carboxylic acids is 2. The quantitative estimate of drug-likeness (QED) is 0.518. The molecule has 1 aliphatic rings. The predicted octanol–water partition coefficient (Wildman–Crippen LogP) is 3.73. The van der Waals surface area contributed by atoms with Crippen LogP contribution in [0.1, 0.15) is 30.6 Å². The molecule has 2 N–H and O–H groups in total. The SMILES string of the molecule is CCC(C)C(NC(=O)c1ccc2c(c1)OCO2)C(=O)Nc1nnc(-c2ccc(OC)cc2)s1. The van der Waals surface area contributed by atoms with Gasteiger partial charge in [0.15, 0.2) is 11.5 Å². The third-order valence-corrected chi connectivity index (χ3v) is 6.30. The number of methoxy groups -OCH3 is 1. The van der Waals surface area contributed by atoms with Gasteiger partial charge in [-0.1, -0.05) is 31.6 Å². The van der Waals surface area contributed by atoms with Crippen molar-refractivity contribution in [3.8, 4) is 27.8 Å². The van der Waals surface area contributed by atoms with Gasteiger partial charge < -0.3 is 19.5 Å². The molecule has 0 aliphatic carbocycles. The molecule has 0 bridgehead atoms. The first kappa shape index (κ1) is 22.5. The van der Waals surface area contributed by atoms with E-state index in [-0.39, 0.29) is 24.5 Å². The summed E-state index contributed by atoms with van der Waals surface area (Å²) < 4.78 is 15.8. The summed E-state index contributed by atoms with van der Waals surface area (Å²) in [6.07, 6.45) is 0.701. The zero-order chi connectivity index (χ0) is 23.4. The van der Waals surface area contributed by atoms with Crippen molar-refractivity contribution in [2.45, 2.75) is 26.3 Å². The van der Waals surface area contributed by atoms with Crippen LogP contribution >= 0.6 is 11.3 Å². The molecule has 0 radical (unpaired) electrons. The first-order valence-corrected chi connectivity index (χ1v) is 11.3. The van der Waals surface area contributed by atoms with Crippen LogP contribution in [-0.2, 0) is 4.79 Å². The molecule has 9 nitrogen and oxygen atoms in total. The molecule has 0 saturated heterocycles. The Kier molecular flexibility index (Phi) is 6.74. The average molecular weight is 469 g/mol. The molecule has 1 aromatic heterocycles. The molecular formula is C23H24N4O5S. The first-order chi connectivity index (χ1) is 16.0. The number of aromatic nitrogens is 2. The van der Waals surface area contributed by atoms with Gasteiger partial charge in [0.2, 0.25) is 17.8 Å². The number of nitrogens with zero attached hydrogens (tertiary/aromatic N) is 2. The van der Waals surface area contributed by atoms with Gasteiger partial charge in [0.05, 0.1) is 7.11 Å². The minimum atomic E-state index is -0.749. The number of hydrogen-bond donors (Lipinski definition) is 2. The lowest BCUT2D eigenvalue weighted by atomic mass is 9.98. The van der Waals surface area contributed by atoms with Crippen molar-refractivity contribution in [1.29, 1.82) is 0 Å². The van der Waals surface area contributed by atoms with Gasteiger partial charge in [-0.2, -0.15) is 0 Å². The maximum absolute atomic E-state index is 13.0. The highest BCUT2D eigenvalue weighted by Gasteiger charge is 2.28. The smallest absolute Gasteiger partial charge is 0.252 e. The van der Waals surface area contributed by atoms with Crippen molar-refractivity contribution >= 4 is 28.3 Å². The van der Waals surface area contributed by atoms with Crippen LogP contribution in [0, 0.1) is 5.92 Å². The summed E-state index contributed by atoms with van der Waals surface area (Å²) in [5.41, 5.74) is 1.25. The van der Waals surface area contributed by atoms with E-state index in [0.717, 1.165) is 11.3 Å². The highest BCUT2D eigenvalue weighted by molar-refractivity contribution is 7.18. The first-order valence-electron chi connectivity index (χ1n) is 10.5. The van der Waals surface area contributed by atoms with Gasteiger partial charge in [-0.15, -0.1) is 10.2 Å². The van der Waals surface area contributed by atoms with Crippen molar-refractivity contribution < 1.29 is 23.8 Å². The van der Waals surface area contributed by atoms with Gasteiger partial charge in [-0.25, -0.2) is 0 Å². The van der Waals surface area contributed by atoms with Gasteiger partial charge in [0.1, 0.15) is 16.8 Å². The van der Waals surface area contributed by atoms with E-state index < -0.39 is 6.04 Å². The molecule has 0 spiro atoms. The summed E-state index contributed by atoms with van der Waals surface area (Å²) in [6, 6.07) is 11.6. The normalized spacial score (nSPS) is 13.8. The topological polar surface area (TPSA) is 112 Å². The minimum Gasteiger partial charge on any atom is -0.497 e. The zero-order valence-electron chi connectivity index (χ0n) is 18.5. The number of nitrogens with one attached hydrogen (secondary N) is 2. The third kappa shape index (κ3) is 5.06. The summed E-state index contributed by atoms with van der Waals surface area (Å²) in [6.45, 7) is 4.00. The number of ether oxygens (including phenoxy) is 3. The van der Waals surface area contributed by atoms with Crippen molar-refractivity contribution in [1.82, 2.24) is 15.5 Å². The largest absolute Gasteiger partial charge is 0.497 e. The van der Waals surface area contributed by atoms with E-state index in [4.69, 9.17) is 14.2 Å². The van der Waals surface area contributed by atoms with Gasteiger partial charge in [0, 0.05) is 11.1 Å². The van der Waals surface area contributed by atoms with Crippen LogP contribution < -0.4 is 24.8 Å². The molecule has 0 fully saturated rings. The molecule has 2 aromatic carbocycles. The van der Waals surface area contributed by atoms with E-state index in [9.17, 15) is 9.59 Å². The molecule has 1 aliphatic heterocycles. The van der Waals surface area contributed by atoms with Crippen LogP contribution in [-0.4, -0.2) is 42.0 Å². The number of benzene rings is 2. The van der Waals surface area contributed by atoms with Gasteiger partial charge in [-0.3, -0.25) is 14.9 Å². The number of hydrogen-bond acceptors (Lipinski definition) is 8. The Hall–Kier alpha value is -3.66. The zero-order valence-corrected chi connectivity index (χ0v) is 19.3. The van der Waals surface area contributed by atoms with Crippen LogP contribution in [0.2, 0.25) is 0 Å². The second-order valence-electron chi connectivity index (χ2n) is 7.53. The van der Waals surface area contributed by atoms with Crippen molar-refractivity contribution in [2.24, 2.45) is 5.92 Å². The maximum Gasteiger partial charge on any atom is 0.252 e. The van der Waals surface area contributed by atoms with Gasteiger partial charge in [0.25, 0.3) is 5.91 Å².